The number of carbonyl (C=O) groups excluding carboxylic acids is 2. The molecule has 0 fully saturated rings. The van der Waals surface area contributed by atoms with Gasteiger partial charge in [0.1, 0.15) is 12.3 Å². The Morgan fingerprint density at radius 3 is 2.77 bits per heavy atom. The van der Waals surface area contributed by atoms with Gasteiger partial charge in [-0.15, -0.1) is 5.10 Å². The van der Waals surface area contributed by atoms with Gasteiger partial charge in [0.05, 0.1) is 5.69 Å². The van der Waals surface area contributed by atoms with Crippen molar-refractivity contribution in [1.29, 1.82) is 0 Å². The number of nitrogens with two attached hydrogens (primary N) is 1. The van der Waals surface area contributed by atoms with Gasteiger partial charge in [-0.05, 0) is 34.1 Å². The second kappa shape index (κ2) is 6.71. The van der Waals surface area contributed by atoms with Crippen molar-refractivity contribution in [3.63, 3.8) is 0 Å². The Morgan fingerprint density at radius 2 is 2.15 bits per heavy atom. The maximum Gasteiger partial charge on any atom is 0.421 e. The molecule has 3 heterocycles. The van der Waals surface area contributed by atoms with Gasteiger partial charge in [0.2, 0.25) is 12.4 Å². The summed E-state index contributed by atoms with van der Waals surface area (Å²) in [6.45, 7) is 3.49. The summed E-state index contributed by atoms with van der Waals surface area (Å²) in [4.78, 5) is 30.0. The summed E-state index contributed by atoms with van der Waals surface area (Å²) in [5, 5.41) is 4.29. The monoisotopic (exact) mass is 419 g/mol. The van der Waals surface area contributed by atoms with Crippen molar-refractivity contribution in [2.75, 3.05) is 26.4 Å². The number of furan rings is 1. The van der Waals surface area contributed by atoms with Crippen LogP contribution in [0.3, 0.4) is 0 Å². The fourth-order valence-electron chi connectivity index (χ4n) is 2.23. The molecule has 3 aromatic rings. The molecule has 0 aliphatic carbocycles. The highest BCUT2D eigenvalue weighted by atomic mass is 79.9. The minimum Gasteiger partial charge on any atom is -0.446 e. The van der Waals surface area contributed by atoms with Crippen molar-refractivity contribution < 1.29 is 18.6 Å². The van der Waals surface area contributed by atoms with E-state index >= 15 is 0 Å². The largest absolute Gasteiger partial charge is 0.446 e. The number of hydrogen-bond donors (Lipinski definition) is 1. The first-order valence-electron chi connectivity index (χ1n) is 7.50. The molecule has 2 amide bonds. The molecule has 0 saturated heterocycles. The molecule has 0 bridgehead atoms. The van der Waals surface area contributed by atoms with Crippen LogP contribution in [0.4, 0.5) is 5.69 Å². The minimum absolute atomic E-state index is 0.146. The lowest BCUT2D eigenvalue weighted by atomic mass is 10.2. The molecule has 0 aliphatic rings. The van der Waals surface area contributed by atoms with Gasteiger partial charge in [0.15, 0.2) is 16.1 Å². The zero-order valence-corrected chi connectivity index (χ0v) is 15.7. The average molecular weight is 420 g/mol. The van der Waals surface area contributed by atoms with E-state index in [1.54, 1.807) is 26.2 Å². The highest BCUT2D eigenvalue weighted by molar-refractivity contribution is 9.10. The molecule has 2 N–H and O–H groups in total. The molecule has 10 heteroatoms. The third-order valence-corrected chi connectivity index (χ3v) is 4.04. The second-order valence-electron chi connectivity index (χ2n) is 5.78. The number of amides is 2. The maximum absolute atomic E-state index is 12.5. The summed E-state index contributed by atoms with van der Waals surface area (Å²) in [5.41, 5.74) is 6.92. The van der Waals surface area contributed by atoms with E-state index in [-0.39, 0.29) is 23.7 Å². The molecular formula is C16H16BrN6O3+. The van der Waals surface area contributed by atoms with Crippen molar-refractivity contribution in [2.45, 2.75) is 0 Å². The summed E-state index contributed by atoms with van der Waals surface area (Å²) in [6.07, 6.45) is 1.49. The van der Waals surface area contributed by atoms with E-state index < -0.39 is 5.91 Å². The van der Waals surface area contributed by atoms with Gasteiger partial charge in [-0.25, -0.2) is 14.3 Å². The molecule has 3 rings (SSSR count). The lowest BCUT2D eigenvalue weighted by molar-refractivity contribution is -0.409. The van der Waals surface area contributed by atoms with Crippen molar-refractivity contribution in [1.82, 2.24) is 19.5 Å². The summed E-state index contributed by atoms with van der Waals surface area (Å²) in [6, 6.07) is 4.92. The molecule has 134 valence electrons. The number of carbonyl (C=O) groups is 2. The van der Waals surface area contributed by atoms with Crippen molar-refractivity contribution in [3.8, 4) is 11.6 Å². The lowest BCUT2D eigenvalue weighted by Crippen LogP contribution is -2.33. The molecule has 26 heavy (non-hydrogen) atoms. The molecule has 3 aromatic heterocycles. The van der Waals surface area contributed by atoms with Crippen LogP contribution in [0.2, 0.25) is 0 Å². The van der Waals surface area contributed by atoms with E-state index in [0.717, 1.165) is 4.58 Å². The van der Waals surface area contributed by atoms with Crippen LogP contribution >= 0.6 is 15.9 Å². The smallest absolute Gasteiger partial charge is 0.421 e. The SMILES string of the molecule is C=[N+](CC(=O)N(C)C)C(=O)c1cc(N)c2nc(-c3ccc(Br)o3)nn2c1. The van der Waals surface area contributed by atoms with Crippen LogP contribution < -0.4 is 5.73 Å². The summed E-state index contributed by atoms with van der Waals surface area (Å²) in [5.74, 6) is 0.102. The molecule has 9 nitrogen and oxygen atoms in total. The molecule has 0 radical (unpaired) electrons. The third-order valence-electron chi connectivity index (χ3n) is 3.61. The zero-order chi connectivity index (χ0) is 19.0. The van der Waals surface area contributed by atoms with Crippen LogP contribution in [-0.2, 0) is 4.79 Å². The van der Waals surface area contributed by atoms with Crippen LogP contribution in [0.1, 0.15) is 10.4 Å². The average Bonchev–Trinajstić information content (AvgIpc) is 3.20. The highest BCUT2D eigenvalue weighted by Crippen LogP contribution is 2.24. The summed E-state index contributed by atoms with van der Waals surface area (Å²) in [7, 11) is 3.21. The number of anilines is 1. The van der Waals surface area contributed by atoms with Crippen molar-refractivity contribution in [2.24, 2.45) is 0 Å². The molecule has 0 unspecified atom stereocenters. The van der Waals surface area contributed by atoms with Crippen LogP contribution in [0.25, 0.3) is 17.2 Å². The number of nitrogen functional groups attached to an aromatic ring is 1. The molecule has 0 saturated carbocycles. The first-order valence-corrected chi connectivity index (χ1v) is 8.29. The van der Waals surface area contributed by atoms with Crippen LogP contribution in [0.5, 0.6) is 0 Å². The fourth-order valence-corrected chi connectivity index (χ4v) is 2.53. The molecule has 0 spiro atoms. The quantitative estimate of drug-likeness (QED) is 0.503. The zero-order valence-electron chi connectivity index (χ0n) is 14.1. The fraction of sp³-hybridized carbons (Fsp3) is 0.188. The predicted octanol–water partition coefficient (Wildman–Crippen LogP) is 1.28. The number of likely N-dealkylation sites (N-methyl/N-ethyl adjacent to an activating group) is 1. The van der Waals surface area contributed by atoms with Gasteiger partial charge in [-0.1, -0.05) is 0 Å². The van der Waals surface area contributed by atoms with Crippen molar-refractivity contribution >= 4 is 45.8 Å². The summed E-state index contributed by atoms with van der Waals surface area (Å²) >= 11 is 3.22. The molecule has 0 aromatic carbocycles. The normalized spacial score (nSPS) is 10.9. The van der Waals surface area contributed by atoms with Crippen LogP contribution in [0.15, 0.2) is 33.5 Å². The van der Waals surface area contributed by atoms with Crippen molar-refractivity contribution in [3.05, 3.63) is 34.6 Å². The standard InChI is InChI=1S/C16H16BrN6O3/c1-21(2)13(24)8-22(3)16(25)9-6-10(18)15-19-14(20-23(15)7-9)11-4-5-12(17)26-11/h4-7H,3,8,18H2,1-2H3/q+1. The van der Waals surface area contributed by atoms with Gasteiger partial charge in [0, 0.05) is 20.3 Å². The van der Waals surface area contributed by atoms with Gasteiger partial charge in [-0.3, -0.25) is 4.79 Å². The molecule has 0 aliphatic heterocycles. The van der Waals surface area contributed by atoms with E-state index in [1.807, 2.05) is 0 Å². The van der Waals surface area contributed by atoms with Gasteiger partial charge in [-0.2, -0.15) is 4.58 Å². The number of rotatable bonds is 4. The Labute approximate surface area is 156 Å². The lowest BCUT2D eigenvalue weighted by Gasteiger charge is -2.07. The van der Waals surface area contributed by atoms with E-state index in [2.05, 4.69) is 32.7 Å². The van der Waals surface area contributed by atoms with Crippen LogP contribution in [0, 0.1) is 0 Å². The third kappa shape index (κ3) is 3.36. The Hall–Kier alpha value is -3.01. The van der Waals surface area contributed by atoms with E-state index in [4.69, 9.17) is 10.2 Å². The summed E-state index contributed by atoms with van der Waals surface area (Å²) < 4.78 is 8.45. The van der Waals surface area contributed by atoms with E-state index in [9.17, 15) is 9.59 Å². The number of fused-ring (bicyclic) bond motifs is 1. The van der Waals surface area contributed by atoms with E-state index in [1.165, 1.54) is 21.7 Å². The topological polar surface area (TPSA) is 110 Å². The van der Waals surface area contributed by atoms with E-state index in [0.29, 0.717) is 21.9 Å². The first-order chi connectivity index (χ1) is 12.3. The predicted molar refractivity (Wildman–Crippen MR) is 98.1 cm³/mol. The van der Waals surface area contributed by atoms with Crippen LogP contribution in [-0.4, -0.2) is 63.2 Å². The number of halogens is 1. The minimum atomic E-state index is -0.452. The Morgan fingerprint density at radius 1 is 1.42 bits per heavy atom. The molecule has 0 atom stereocenters. The Kier molecular flexibility index (Phi) is 4.60. The number of hydrogen-bond acceptors (Lipinski definition) is 6. The van der Waals surface area contributed by atoms with Gasteiger partial charge in [0.25, 0.3) is 5.91 Å². The number of pyridine rings is 1. The van der Waals surface area contributed by atoms with Gasteiger partial charge >= 0.3 is 5.91 Å². The first kappa shape index (κ1) is 17.8. The second-order valence-corrected chi connectivity index (χ2v) is 6.56. The number of nitrogens with zero attached hydrogens (tertiary/aromatic N) is 5. The highest BCUT2D eigenvalue weighted by Gasteiger charge is 2.24. The van der Waals surface area contributed by atoms with Gasteiger partial charge < -0.3 is 15.1 Å². The molecular weight excluding hydrogens is 404 g/mol. The Balaban J connectivity index is 1.94. The number of aromatic nitrogens is 3. The maximum atomic E-state index is 12.5. The Bertz CT molecular complexity index is 1040.